The molecule has 0 aromatic heterocycles. The molecule has 5 fully saturated rings. The minimum atomic E-state index is -0.780. The number of aliphatic hydroxyl groups is 1. The lowest BCUT2D eigenvalue weighted by molar-refractivity contribution is -0.179. The van der Waals surface area contributed by atoms with Gasteiger partial charge in [0.05, 0.1) is 12.0 Å². The van der Waals surface area contributed by atoms with Gasteiger partial charge < -0.3 is 10.2 Å². The molecule has 5 saturated carbocycles. The Morgan fingerprint density at radius 2 is 1.64 bits per heavy atom. The number of hydrogen-bond acceptors (Lipinski definition) is 2. The summed E-state index contributed by atoms with van der Waals surface area (Å²) in [6.45, 7) is 0. The first-order valence-corrected chi connectivity index (χ1v) is 5.59. The van der Waals surface area contributed by atoms with Crippen LogP contribution in [0.3, 0.4) is 0 Å². The predicted octanol–water partition coefficient (Wildman–Crippen LogP) is 1.11. The quantitative estimate of drug-likeness (QED) is 0.660. The summed E-state index contributed by atoms with van der Waals surface area (Å²) in [6, 6.07) is 0. The van der Waals surface area contributed by atoms with E-state index in [1.165, 1.54) is 12.8 Å². The molecule has 4 bridgehead atoms. The number of fused-ring (bicyclic) bond motifs is 2. The van der Waals surface area contributed by atoms with Gasteiger partial charge in [0.25, 0.3) is 0 Å². The van der Waals surface area contributed by atoms with Crippen LogP contribution >= 0.6 is 0 Å². The van der Waals surface area contributed by atoms with Crippen molar-refractivity contribution in [2.75, 3.05) is 0 Å². The lowest BCUT2D eigenvalue weighted by atomic mass is 9.48. The Bertz CT molecular complexity index is 276. The second kappa shape index (κ2) is 2.72. The van der Waals surface area contributed by atoms with E-state index in [4.69, 9.17) is 5.11 Å². The average molecular weight is 196 g/mol. The summed E-state index contributed by atoms with van der Waals surface area (Å²) in [5.74, 6) is 0.532. The van der Waals surface area contributed by atoms with Crippen molar-refractivity contribution in [2.45, 2.75) is 31.8 Å². The second-order valence-electron chi connectivity index (χ2n) is 5.25. The number of hydrogen-bond donors (Lipinski definition) is 2. The Morgan fingerprint density at radius 1 is 1.07 bits per heavy atom. The molecule has 0 saturated heterocycles. The number of aliphatic carboxylic acids is 1. The Balaban J connectivity index is 1.94. The third-order valence-electron chi connectivity index (χ3n) is 4.82. The summed E-state index contributed by atoms with van der Waals surface area (Å²) in [4.78, 5) is 11.1. The number of carboxylic acid groups (broad SMARTS) is 1. The van der Waals surface area contributed by atoms with Crippen molar-refractivity contribution < 1.29 is 15.0 Å². The molecule has 6 atom stereocenters. The van der Waals surface area contributed by atoms with Crippen LogP contribution in [0.15, 0.2) is 0 Å². The van der Waals surface area contributed by atoms with E-state index in [1.54, 1.807) is 0 Å². The van der Waals surface area contributed by atoms with Gasteiger partial charge in [-0.2, -0.15) is 0 Å². The molecule has 3 heteroatoms. The largest absolute Gasteiger partial charge is 0.481 e. The van der Waals surface area contributed by atoms with Crippen LogP contribution in [0.1, 0.15) is 25.7 Å². The first-order chi connectivity index (χ1) is 6.68. The number of carbonyl (C=O) groups is 1. The topological polar surface area (TPSA) is 57.5 Å². The van der Waals surface area contributed by atoms with Crippen LogP contribution in [-0.4, -0.2) is 22.3 Å². The molecule has 0 aromatic rings. The summed E-state index contributed by atoms with van der Waals surface area (Å²) in [7, 11) is 0. The monoisotopic (exact) mass is 196 g/mol. The van der Waals surface area contributed by atoms with Gasteiger partial charge in [-0.1, -0.05) is 0 Å². The standard InChI is InChI=1S/C11H16O3/c12-10-8-4-5-1-2-6(8)3-7(5)9(10)11(13)14/h5-10,12H,1-4H2,(H,13,14)/t5?,6?,7?,8?,9-,10-/m1/s1. The van der Waals surface area contributed by atoms with Gasteiger partial charge in [0.1, 0.15) is 0 Å². The van der Waals surface area contributed by atoms with Crippen LogP contribution in [0.25, 0.3) is 0 Å². The molecule has 4 unspecified atom stereocenters. The van der Waals surface area contributed by atoms with E-state index >= 15 is 0 Å². The van der Waals surface area contributed by atoms with Gasteiger partial charge in [0, 0.05) is 0 Å². The van der Waals surface area contributed by atoms with Gasteiger partial charge in [-0.05, 0) is 49.4 Å². The zero-order valence-electron chi connectivity index (χ0n) is 8.10. The normalized spacial score (nSPS) is 54.9. The van der Waals surface area contributed by atoms with E-state index in [9.17, 15) is 9.90 Å². The van der Waals surface area contributed by atoms with Crippen molar-refractivity contribution in [3.05, 3.63) is 0 Å². The SMILES string of the molecule is O=C(O)[C@@H]1C2CC3CCC2CC3[C@H]1O. The third kappa shape index (κ3) is 0.937. The molecule has 14 heavy (non-hydrogen) atoms. The van der Waals surface area contributed by atoms with Crippen LogP contribution in [-0.2, 0) is 4.79 Å². The van der Waals surface area contributed by atoms with Crippen molar-refractivity contribution in [3.8, 4) is 0 Å². The van der Waals surface area contributed by atoms with Crippen LogP contribution < -0.4 is 0 Å². The van der Waals surface area contributed by atoms with Gasteiger partial charge in [0.15, 0.2) is 0 Å². The molecule has 0 aliphatic heterocycles. The van der Waals surface area contributed by atoms with E-state index in [1.807, 2.05) is 0 Å². The molecule has 78 valence electrons. The fourth-order valence-corrected chi connectivity index (χ4v) is 4.23. The molecule has 2 N–H and O–H groups in total. The fourth-order valence-electron chi connectivity index (χ4n) is 4.23. The molecule has 0 heterocycles. The summed E-state index contributed by atoms with van der Waals surface area (Å²) < 4.78 is 0. The zero-order valence-corrected chi connectivity index (χ0v) is 8.10. The van der Waals surface area contributed by atoms with Gasteiger partial charge >= 0.3 is 5.97 Å². The van der Waals surface area contributed by atoms with Crippen LogP contribution in [0.2, 0.25) is 0 Å². The Kier molecular flexibility index (Phi) is 1.69. The average Bonchev–Trinajstić information content (AvgIpc) is 2.17. The van der Waals surface area contributed by atoms with Gasteiger partial charge in [-0.25, -0.2) is 0 Å². The summed E-state index contributed by atoms with van der Waals surface area (Å²) in [5.41, 5.74) is 0. The van der Waals surface area contributed by atoms with Crippen LogP contribution in [0.5, 0.6) is 0 Å². The van der Waals surface area contributed by atoms with Crippen LogP contribution in [0, 0.1) is 29.6 Å². The van der Waals surface area contributed by atoms with Crippen molar-refractivity contribution in [1.29, 1.82) is 0 Å². The molecule has 5 rings (SSSR count). The first-order valence-electron chi connectivity index (χ1n) is 5.59. The minimum absolute atomic E-state index is 0.270. The number of aliphatic hydroxyl groups excluding tert-OH is 1. The number of carboxylic acids is 1. The highest BCUT2D eigenvalue weighted by Gasteiger charge is 2.57. The summed E-state index contributed by atoms with van der Waals surface area (Å²) in [5, 5.41) is 19.1. The van der Waals surface area contributed by atoms with Gasteiger partial charge in [-0.15, -0.1) is 0 Å². The van der Waals surface area contributed by atoms with Gasteiger partial charge in [-0.3, -0.25) is 4.79 Å². The molecule has 0 amide bonds. The second-order valence-corrected chi connectivity index (χ2v) is 5.25. The van der Waals surface area contributed by atoms with Gasteiger partial charge in [0.2, 0.25) is 0 Å². The summed E-state index contributed by atoms with van der Waals surface area (Å²) >= 11 is 0. The Labute approximate surface area is 83.1 Å². The first kappa shape index (κ1) is 8.72. The molecule has 3 nitrogen and oxygen atoms in total. The highest BCUT2D eigenvalue weighted by molar-refractivity contribution is 5.71. The summed E-state index contributed by atoms with van der Waals surface area (Å²) in [6.07, 6.45) is 3.99. The van der Waals surface area contributed by atoms with E-state index in [-0.39, 0.29) is 5.92 Å². The molecule has 5 aliphatic carbocycles. The fraction of sp³-hybridized carbons (Fsp3) is 0.909. The Morgan fingerprint density at radius 3 is 2.14 bits per heavy atom. The maximum Gasteiger partial charge on any atom is 0.309 e. The molecular formula is C11H16O3. The predicted molar refractivity (Wildman–Crippen MR) is 49.6 cm³/mol. The van der Waals surface area contributed by atoms with Crippen molar-refractivity contribution in [1.82, 2.24) is 0 Å². The lowest BCUT2D eigenvalue weighted by Crippen LogP contribution is -2.57. The van der Waals surface area contributed by atoms with Crippen molar-refractivity contribution >= 4 is 5.97 Å². The molecule has 0 radical (unpaired) electrons. The van der Waals surface area contributed by atoms with Crippen molar-refractivity contribution in [2.24, 2.45) is 29.6 Å². The highest BCUT2D eigenvalue weighted by Crippen LogP contribution is 2.58. The molecule has 0 spiro atoms. The van der Waals surface area contributed by atoms with E-state index in [0.29, 0.717) is 17.8 Å². The smallest absolute Gasteiger partial charge is 0.309 e. The van der Waals surface area contributed by atoms with E-state index < -0.39 is 18.0 Å². The Hall–Kier alpha value is -0.570. The molecular weight excluding hydrogens is 180 g/mol. The number of rotatable bonds is 1. The molecule has 0 aromatic carbocycles. The lowest BCUT2D eigenvalue weighted by Gasteiger charge is -2.57. The maximum atomic E-state index is 11.1. The molecule has 5 aliphatic rings. The van der Waals surface area contributed by atoms with Crippen LogP contribution in [0.4, 0.5) is 0 Å². The maximum absolute atomic E-state index is 11.1. The highest BCUT2D eigenvalue weighted by atomic mass is 16.4. The van der Waals surface area contributed by atoms with E-state index in [0.717, 1.165) is 12.8 Å². The van der Waals surface area contributed by atoms with Crippen molar-refractivity contribution in [3.63, 3.8) is 0 Å². The zero-order chi connectivity index (χ0) is 9.87. The minimum Gasteiger partial charge on any atom is -0.481 e. The third-order valence-corrected chi connectivity index (χ3v) is 4.82. The van der Waals surface area contributed by atoms with E-state index in [2.05, 4.69) is 0 Å².